The molecule has 0 N–H and O–H groups in total. The minimum absolute atomic E-state index is 0.197. The Morgan fingerprint density at radius 3 is 1.69 bits per heavy atom. The second-order valence-electron chi connectivity index (χ2n) is 8.20. The van der Waals surface area contributed by atoms with Gasteiger partial charge in [-0.3, -0.25) is 9.59 Å². The van der Waals surface area contributed by atoms with Gasteiger partial charge < -0.3 is 4.90 Å². The van der Waals surface area contributed by atoms with Crippen LogP contribution in [0.1, 0.15) is 26.3 Å². The molecule has 0 aliphatic carbocycles. The number of fused-ring (bicyclic) bond motifs is 1. The van der Waals surface area contributed by atoms with Gasteiger partial charge in [0.25, 0.3) is 0 Å². The Hall–Kier alpha value is -4.76. The summed E-state index contributed by atoms with van der Waals surface area (Å²) in [6, 6.07) is 39.7. The Morgan fingerprint density at radius 1 is 0.600 bits per heavy atom. The first-order valence-electron chi connectivity index (χ1n) is 11.4. The highest BCUT2D eigenvalue weighted by atomic mass is 16.1. The fourth-order valence-electron chi connectivity index (χ4n) is 4.17. The molecule has 0 fully saturated rings. The van der Waals surface area contributed by atoms with Crippen LogP contribution in [0.25, 0.3) is 16.8 Å². The van der Waals surface area contributed by atoms with E-state index in [0.717, 1.165) is 39.7 Å². The first kappa shape index (κ1) is 22.1. The molecule has 0 saturated heterocycles. The average molecular weight is 454 g/mol. The Bertz CT molecular complexity index is 1470. The summed E-state index contributed by atoms with van der Waals surface area (Å²) in [7, 11) is 0. The third-order valence-corrected chi connectivity index (χ3v) is 5.92. The van der Waals surface area contributed by atoms with Crippen molar-refractivity contribution in [2.24, 2.45) is 0 Å². The van der Waals surface area contributed by atoms with Gasteiger partial charge in [-0.1, -0.05) is 78.9 Å². The van der Waals surface area contributed by atoms with Crippen LogP contribution in [0, 0.1) is 0 Å². The molecule has 0 aliphatic heterocycles. The van der Waals surface area contributed by atoms with Gasteiger partial charge in [0.1, 0.15) is 0 Å². The van der Waals surface area contributed by atoms with Gasteiger partial charge in [-0.2, -0.15) is 0 Å². The lowest BCUT2D eigenvalue weighted by atomic mass is 9.98. The fraction of sp³-hybridized carbons (Fsp3) is 0. The van der Waals surface area contributed by atoms with Crippen molar-refractivity contribution >= 4 is 46.0 Å². The molecule has 5 aromatic carbocycles. The van der Waals surface area contributed by atoms with E-state index < -0.39 is 0 Å². The number of benzene rings is 5. The lowest BCUT2D eigenvalue weighted by Gasteiger charge is -2.25. The monoisotopic (exact) mass is 453 g/mol. The summed E-state index contributed by atoms with van der Waals surface area (Å²) >= 11 is 0. The molecular weight excluding hydrogens is 430 g/mol. The van der Waals surface area contributed by atoms with Crippen LogP contribution < -0.4 is 4.90 Å². The summed E-state index contributed by atoms with van der Waals surface area (Å²) in [4.78, 5) is 26.7. The average Bonchev–Trinajstić information content (AvgIpc) is 2.93. The van der Waals surface area contributed by atoms with E-state index in [1.807, 2.05) is 84.9 Å². The smallest absolute Gasteiger partial charge is 0.186 e. The van der Waals surface area contributed by atoms with E-state index in [2.05, 4.69) is 29.2 Å². The molecular formula is C32H23NO2. The van der Waals surface area contributed by atoms with E-state index in [1.54, 1.807) is 18.2 Å². The van der Waals surface area contributed by atoms with Crippen molar-refractivity contribution in [3.63, 3.8) is 0 Å². The van der Waals surface area contributed by atoms with E-state index in [-0.39, 0.29) is 5.78 Å². The van der Waals surface area contributed by atoms with Crippen molar-refractivity contribution in [3.8, 4) is 0 Å². The zero-order chi connectivity index (χ0) is 24.0. The van der Waals surface area contributed by atoms with Crippen molar-refractivity contribution in [3.05, 3.63) is 144 Å². The number of carbonyl (C=O) groups is 2. The first-order valence-corrected chi connectivity index (χ1v) is 11.4. The largest absolute Gasteiger partial charge is 0.311 e. The van der Waals surface area contributed by atoms with Gasteiger partial charge in [-0.25, -0.2) is 0 Å². The lowest BCUT2D eigenvalue weighted by Crippen LogP contribution is -2.09. The van der Waals surface area contributed by atoms with E-state index in [0.29, 0.717) is 11.1 Å². The maximum atomic E-state index is 12.9. The molecule has 0 bridgehead atoms. The summed E-state index contributed by atoms with van der Waals surface area (Å²) in [6.07, 6.45) is 4.05. The third kappa shape index (κ3) is 4.80. The number of carbonyl (C=O) groups excluding carboxylic acids is 2. The zero-order valence-corrected chi connectivity index (χ0v) is 19.0. The minimum atomic E-state index is -0.197. The van der Waals surface area contributed by atoms with Crippen molar-refractivity contribution in [2.75, 3.05) is 4.90 Å². The maximum absolute atomic E-state index is 12.9. The topological polar surface area (TPSA) is 37.4 Å². The first-order chi connectivity index (χ1) is 17.2. The number of aldehydes is 1. The molecule has 5 aromatic rings. The van der Waals surface area contributed by atoms with Gasteiger partial charge >= 0.3 is 0 Å². The molecule has 168 valence electrons. The quantitative estimate of drug-likeness (QED) is 0.142. The summed E-state index contributed by atoms with van der Waals surface area (Å²) in [5, 5.41) is 1.87. The number of allylic oxidation sites excluding steroid dienone is 1. The molecule has 0 amide bonds. The van der Waals surface area contributed by atoms with Crippen molar-refractivity contribution in [1.29, 1.82) is 0 Å². The summed E-state index contributed by atoms with van der Waals surface area (Å²) in [6.45, 7) is 0. The Kier molecular flexibility index (Phi) is 6.31. The number of rotatable bonds is 7. The van der Waals surface area contributed by atoms with Crippen LogP contribution in [0.3, 0.4) is 0 Å². The SMILES string of the molecule is O=Cc1cc2ccccc2cc1C(=O)/C=C\c1ccc(N(c2ccccc2)c2ccccc2)cc1. The van der Waals surface area contributed by atoms with Crippen LogP contribution >= 0.6 is 0 Å². The van der Waals surface area contributed by atoms with E-state index in [9.17, 15) is 9.59 Å². The fourth-order valence-corrected chi connectivity index (χ4v) is 4.17. The number of hydrogen-bond acceptors (Lipinski definition) is 3. The lowest BCUT2D eigenvalue weighted by molar-refractivity contribution is 0.103. The summed E-state index contributed by atoms with van der Waals surface area (Å²) < 4.78 is 0. The summed E-state index contributed by atoms with van der Waals surface area (Å²) in [5.74, 6) is -0.197. The second kappa shape index (κ2) is 10.0. The molecule has 35 heavy (non-hydrogen) atoms. The van der Waals surface area contributed by atoms with E-state index >= 15 is 0 Å². The standard InChI is InChI=1S/C32H23NO2/c34-23-27-21-25-9-7-8-10-26(25)22-31(27)32(35)20-17-24-15-18-30(19-16-24)33(28-11-3-1-4-12-28)29-13-5-2-6-14-29/h1-23H/b20-17-. The molecule has 0 radical (unpaired) electrons. The molecule has 0 saturated carbocycles. The highest BCUT2D eigenvalue weighted by Crippen LogP contribution is 2.34. The molecule has 0 aromatic heterocycles. The van der Waals surface area contributed by atoms with Crippen LogP contribution in [0.4, 0.5) is 17.1 Å². The number of nitrogens with zero attached hydrogens (tertiary/aromatic N) is 1. The Balaban J connectivity index is 1.42. The van der Waals surface area contributed by atoms with Gasteiger partial charge in [0.15, 0.2) is 12.1 Å². The number of ketones is 1. The Labute approximate surface area is 204 Å². The Morgan fingerprint density at radius 2 is 1.11 bits per heavy atom. The molecule has 0 spiro atoms. The molecule has 0 unspecified atom stereocenters. The van der Waals surface area contributed by atoms with Crippen LogP contribution in [0.2, 0.25) is 0 Å². The third-order valence-electron chi connectivity index (χ3n) is 5.92. The van der Waals surface area contributed by atoms with Gasteiger partial charge in [0.2, 0.25) is 0 Å². The number of hydrogen-bond donors (Lipinski definition) is 0. The second-order valence-corrected chi connectivity index (χ2v) is 8.20. The van der Waals surface area contributed by atoms with Crippen LogP contribution in [0.15, 0.2) is 127 Å². The predicted molar refractivity (Wildman–Crippen MR) is 144 cm³/mol. The normalized spacial score (nSPS) is 11.0. The van der Waals surface area contributed by atoms with Gasteiger partial charge in [0, 0.05) is 28.2 Å². The molecule has 0 aliphatic rings. The van der Waals surface area contributed by atoms with Crippen molar-refractivity contribution in [1.82, 2.24) is 0 Å². The van der Waals surface area contributed by atoms with Gasteiger partial charge in [0.05, 0.1) is 0 Å². The number of anilines is 3. The minimum Gasteiger partial charge on any atom is -0.311 e. The van der Waals surface area contributed by atoms with E-state index in [1.165, 1.54) is 6.08 Å². The molecule has 3 heteroatoms. The maximum Gasteiger partial charge on any atom is 0.186 e. The highest BCUT2D eigenvalue weighted by Gasteiger charge is 2.12. The number of para-hydroxylation sites is 2. The van der Waals surface area contributed by atoms with Gasteiger partial charge in [-0.15, -0.1) is 0 Å². The summed E-state index contributed by atoms with van der Waals surface area (Å²) in [5.41, 5.74) is 4.85. The van der Waals surface area contributed by atoms with Crippen molar-refractivity contribution < 1.29 is 9.59 Å². The molecule has 0 heterocycles. The highest BCUT2D eigenvalue weighted by molar-refractivity contribution is 6.13. The van der Waals surface area contributed by atoms with Gasteiger partial charge in [-0.05, 0) is 70.9 Å². The van der Waals surface area contributed by atoms with Crippen LogP contribution in [0.5, 0.6) is 0 Å². The van der Waals surface area contributed by atoms with E-state index in [4.69, 9.17) is 0 Å². The zero-order valence-electron chi connectivity index (χ0n) is 19.0. The predicted octanol–water partition coefficient (Wildman–Crippen LogP) is 8.02. The van der Waals surface area contributed by atoms with Crippen LogP contribution in [-0.4, -0.2) is 12.1 Å². The van der Waals surface area contributed by atoms with Crippen LogP contribution in [-0.2, 0) is 0 Å². The molecule has 3 nitrogen and oxygen atoms in total. The molecule has 0 atom stereocenters. The molecule has 5 rings (SSSR count). The van der Waals surface area contributed by atoms with Crippen molar-refractivity contribution in [2.45, 2.75) is 0 Å².